The molecular formula is C10H16N4O. The normalized spacial score (nSPS) is 20.7. The van der Waals surface area contributed by atoms with Gasteiger partial charge in [0.25, 0.3) is 0 Å². The van der Waals surface area contributed by atoms with Crippen LogP contribution in [0.1, 0.15) is 12.8 Å². The molecule has 0 saturated carbocycles. The Labute approximate surface area is 89.3 Å². The average molecular weight is 208 g/mol. The molecule has 1 aromatic rings. The van der Waals surface area contributed by atoms with Crippen molar-refractivity contribution in [3.8, 4) is 5.88 Å². The summed E-state index contributed by atoms with van der Waals surface area (Å²) in [6.45, 7) is 1.69. The summed E-state index contributed by atoms with van der Waals surface area (Å²) < 4.78 is 5.07. The van der Waals surface area contributed by atoms with Gasteiger partial charge in [-0.2, -0.15) is 0 Å². The van der Waals surface area contributed by atoms with Gasteiger partial charge in [0.15, 0.2) is 0 Å². The third-order valence-electron chi connectivity index (χ3n) is 2.78. The van der Waals surface area contributed by atoms with Gasteiger partial charge in [-0.1, -0.05) is 0 Å². The van der Waals surface area contributed by atoms with E-state index in [0.717, 1.165) is 18.8 Å². The zero-order chi connectivity index (χ0) is 10.7. The minimum atomic E-state index is 0.407. The molecule has 1 saturated heterocycles. The van der Waals surface area contributed by atoms with E-state index in [0.29, 0.717) is 18.5 Å². The summed E-state index contributed by atoms with van der Waals surface area (Å²) in [5.74, 6) is 1.51. The van der Waals surface area contributed by atoms with E-state index in [9.17, 15) is 0 Å². The number of rotatable bonds is 3. The lowest BCUT2D eigenvalue weighted by molar-refractivity contribution is 0.396. The standard InChI is InChI=1S/C10H16N4O/c1-15-10-5-9(12-7-13-10)14-4-2-3-8(14)6-11/h5,7-8H,2-4,6,11H2,1H3. The lowest BCUT2D eigenvalue weighted by Crippen LogP contribution is -2.35. The maximum atomic E-state index is 5.72. The second-order valence-corrected chi connectivity index (χ2v) is 3.64. The van der Waals surface area contributed by atoms with Crippen LogP contribution < -0.4 is 15.4 Å². The molecule has 5 heteroatoms. The number of nitrogens with zero attached hydrogens (tertiary/aromatic N) is 3. The van der Waals surface area contributed by atoms with Gasteiger partial charge in [-0.05, 0) is 12.8 Å². The number of ether oxygens (including phenoxy) is 1. The van der Waals surface area contributed by atoms with Crippen molar-refractivity contribution >= 4 is 5.82 Å². The topological polar surface area (TPSA) is 64.3 Å². The Kier molecular flexibility index (Phi) is 3.01. The molecule has 0 aliphatic carbocycles. The highest BCUT2D eigenvalue weighted by molar-refractivity contribution is 5.43. The Morgan fingerprint density at radius 2 is 2.47 bits per heavy atom. The van der Waals surface area contributed by atoms with E-state index in [1.54, 1.807) is 7.11 Å². The summed E-state index contributed by atoms with van der Waals surface area (Å²) in [6, 6.07) is 2.26. The fourth-order valence-electron chi connectivity index (χ4n) is 1.98. The van der Waals surface area contributed by atoms with E-state index < -0.39 is 0 Å². The van der Waals surface area contributed by atoms with Gasteiger partial charge in [-0.15, -0.1) is 0 Å². The monoisotopic (exact) mass is 208 g/mol. The molecule has 0 amide bonds. The van der Waals surface area contributed by atoms with Crippen LogP contribution >= 0.6 is 0 Å². The van der Waals surface area contributed by atoms with Crippen molar-refractivity contribution in [3.63, 3.8) is 0 Å². The maximum Gasteiger partial charge on any atom is 0.218 e. The summed E-state index contributed by atoms with van der Waals surface area (Å²) in [6.07, 6.45) is 3.84. The van der Waals surface area contributed by atoms with Crippen molar-refractivity contribution in [3.05, 3.63) is 12.4 Å². The summed E-state index contributed by atoms with van der Waals surface area (Å²) >= 11 is 0. The molecular weight excluding hydrogens is 192 g/mol. The molecule has 0 radical (unpaired) electrons. The van der Waals surface area contributed by atoms with Gasteiger partial charge in [-0.3, -0.25) is 0 Å². The first-order chi connectivity index (χ1) is 7.35. The predicted molar refractivity (Wildman–Crippen MR) is 58.0 cm³/mol. The van der Waals surface area contributed by atoms with Crippen molar-refractivity contribution in [1.29, 1.82) is 0 Å². The van der Waals surface area contributed by atoms with Gasteiger partial charge in [0.1, 0.15) is 12.1 Å². The molecule has 2 rings (SSSR count). The lowest BCUT2D eigenvalue weighted by Gasteiger charge is -2.24. The summed E-state index contributed by atoms with van der Waals surface area (Å²) in [5.41, 5.74) is 5.72. The highest BCUT2D eigenvalue weighted by atomic mass is 16.5. The van der Waals surface area contributed by atoms with Crippen LogP contribution in [0.25, 0.3) is 0 Å². The number of anilines is 1. The molecule has 82 valence electrons. The smallest absolute Gasteiger partial charge is 0.218 e. The second-order valence-electron chi connectivity index (χ2n) is 3.64. The Hall–Kier alpha value is -1.36. The van der Waals surface area contributed by atoms with Crippen molar-refractivity contribution in [2.45, 2.75) is 18.9 Å². The lowest BCUT2D eigenvalue weighted by atomic mass is 10.2. The molecule has 1 unspecified atom stereocenters. The summed E-state index contributed by atoms with van der Waals surface area (Å²) in [7, 11) is 1.61. The quantitative estimate of drug-likeness (QED) is 0.779. The number of hydrogen-bond acceptors (Lipinski definition) is 5. The van der Waals surface area contributed by atoms with Crippen LogP contribution in [0.4, 0.5) is 5.82 Å². The van der Waals surface area contributed by atoms with E-state index in [-0.39, 0.29) is 0 Å². The maximum absolute atomic E-state index is 5.72. The third kappa shape index (κ3) is 2.02. The van der Waals surface area contributed by atoms with Crippen molar-refractivity contribution in [2.24, 2.45) is 5.73 Å². The highest BCUT2D eigenvalue weighted by Crippen LogP contribution is 2.24. The van der Waals surface area contributed by atoms with Crippen molar-refractivity contribution in [2.75, 3.05) is 25.1 Å². The van der Waals surface area contributed by atoms with Crippen LogP contribution in [-0.2, 0) is 0 Å². The number of aromatic nitrogens is 2. The zero-order valence-corrected chi connectivity index (χ0v) is 8.89. The van der Waals surface area contributed by atoms with E-state index in [1.165, 1.54) is 12.7 Å². The fraction of sp³-hybridized carbons (Fsp3) is 0.600. The minimum absolute atomic E-state index is 0.407. The Bertz CT molecular complexity index is 331. The molecule has 1 aliphatic rings. The van der Waals surface area contributed by atoms with Crippen molar-refractivity contribution < 1.29 is 4.74 Å². The molecule has 1 atom stereocenters. The van der Waals surface area contributed by atoms with Gasteiger partial charge >= 0.3 is 0 Å². The molecule has 0 aromatic carbocycles. The summed E-state index contributed by atoms with van der Waals surface area (Å²) in [5, 5.41) is 0. The number of methoxy groups -OCH3 is 1. The fourth-order valence-corrected chi connectivity index (χ4v) is 1.98. The first kappa shape index (κ1) is 10.2. The molecule has 1 aromatic heterocycles. The molecule has 0 bridgehead atoms. The Balaban J connectivity index is 2.20. The molecule has 1 aliphatic heterocycles. The molecule has 2 N–H and O–H groups in total. The van der Waals surface area contributed by atoms with Crippen LogP contribution in [0, 0.1) is 0 Å². The third-order valence-corrected chi connectivity index (χ3v) is 2.78. The van der Waals surface area contributed by atoms with Crippen LogP contribution in [0.2, 0.25) is 0 Å². The van der Waals surface area contributed by atoms with Gasteiger partial charge in [-0.25, -0.2) is 9.97 Å². The molecule has 15 heavy (non-hydrogen) atoms. The predicted octanol–water partition coefficient (Wildman–Crippen LogP) is 0.413. The van der Waals surface area contributed by atoms with Gasteiger partial charge in [0, 0.05) is 25.2 Å². The van der Waals surface area contributed by atoms with Crippen molar-refractivity contribution in [1.82, 2.24) is 9.97 Å². The molecule has 1 fully saturated rings. The average Bonchev–Trinajstić information content (AvgIpc) is 2.77. The number of nitrogens with two attached hydrogens (primary N) is 1. The molecule has 2 heterocycles. The Morgan fingerprint density at radius 3 is 3.20 bits per heavy atom. The SMILES string of the molecule is COc1cc(N2CCCC2CN)ncn1. The molecule has 0 spiro atoms. The van der Waals surface area contributed by atoms with Crippen LogP contribution in [0.3, 0.4) is 0 Å². The van der Waals surface area contributed by atoms with Gasteiger partial charge in [0.05, 0.1) is 7.11 Å². The Morgan fingerprint density at radius 1 is 1.60 bits per heavy atom. The highest BCUT2D eigenvalue weighted by Gasteiger charge is 2.24. The van der Waals surface area contributed by atoms with E-state index in [2.05, 4.69) is 14.9 Å². The van der Waals surface area contributed by atoms with Gasteiger partial charge < -0.3 is 15.4 Å². The first-order valence-corrected chi connectivity index (χ1v) is 5.18. The second kappa shape index (κ2) is 4.44. The first-order valence-electron chi connectivity index (χ1n) is 5.18. The zero-order valence-electron chi connectivity index (χ0n) is 8.89. The number of hydrogen-bond donors (Lipinski definition) is 1. The summed E-state index contributed by atoms with van der Waals surface area (Å²) in [4.78, 5) is 10.5. The van der Waals surface area contributed by atoms with E-state index in [4.69, 9.17) is 10.5 Å². The molecule has 5 nitrogen and oxygen atoms in total. The van der Waals surface area contributed by atoms with Gasteiger partial charge in [0.2, 0.25) is 5.88 Å². The van der Waals surface area contributed by atoms with E-state index in [1.807, 2.05) is 6.07 Å². The van der Waals surface area contributed by atoms with Crippen LogP contribution in [-0.4, -0.2) is 36.2 Å². The van der Waals surface area contributed by atoms with Crippen LogP contribution in [0.5, 0.6) is 5.88 Å². The largest absolute Gasteiger partial charge is 0.481 e. The van der Waals surface area contributed by atoms with Crippen LogP contribution in [0.15, 0.2) is 12.4 Å². The minimum Gasteiger partial charge on any atom is -0.481 e. The van der Waals surface area contributed by atoms with E-state index >= 15 is 0 Å².